The number of hydrogen-bond donors (Lipinski definition) is 2. The zero-order valence-corrected chi connectivity index (χ0v) is 18.9. The van der Waals surface area contributed by atoms with Crippen molar-refractivity contribution >= 4 is 12.4 Å². The molecule has 176 valence electrons. The van der Waals surface area contributed by atoms with Gasteiger partial charge in [-0.15, -0.1) is 5.06 Å². The van der Waals surface area contributed by atoms with Crippen molar-refractivity contribution in [3.05, 3.63) is 0 Å². The molecule has 4 rings (SSSR count). The third kappa shape index (κ3) is 5.59. The number of nitrogens with one attached hydrogen (secondary N) is 2. The van der Waals surface area contributed by atoms with Crippen molar-refractivity contribution in [1.82, 2.24) is 20.6 Å². The normalized spacial score (nSPS) is 27.6. The number of nitrogens with zero attached hydrogens (tertiary/aromatic N) is 2. The smallest absolute Gasteiger partial charge is 0.364 e. The van der Waals surface area contributed by atoms with Crippen LogP contribution in [-0.4, -0.2) is 79.5 Å². The number of rotatable bonds is 8. The summed E-state index contributed by atoms with van der Waals surface area (Å²) in [6, 6.07) is 0.628. The molecule has 31 heavy (non-hydrogen) atoms. The Labute approximate surface area is 186 Å². The molecule has 0 bridgehead atoms. The van der Waals surface area contributed by atoms with Crippen LogP contribution in [0.15, 0.2) is 0 Å². The Morgan fingerprint density at radius 1 is 0.903 bits per heavy atom. The van der Waals surface area contributed by atoms with Crippen LogP contribution in [0, 0.1) is 5.92 Å². The first-order valence-electron chi connectivity index (χ1n) is 12.5. The Balaban J connectivity index is 1.39. The van der Waals surface area contributed by atoms with Gasteiger partial charge in [-0.25, -0.2) is 4.79 Å². The fraction of sp³-hybridized carbons (Fsp3) is 0.913. The van der Waals surface area contributed by atoms with Crippen molar-refractivity contribution in [3.63, 3.8) is 0 Å². The lowest BCUT2D eigenvalue weighted by Gasteiger charge is -2.43. The summed E-state index contributed by atoms with van der Waals surface area (Å²) < 4.78 is 6.46. The third-order valence-corrected chi connectivity index (χ3v) is 7.72. The molecule has 8 nitrogen and oxygen atoms in total. The topological polar surface area (TPSA) is 83.1 Å². The molecule has 2 aliphatic carbocycles. The van der Waals surface area contributed by atoms with Crippen LogP contribution in [0.5, 0.6) is 0 Å². The summed E-state index contributed by atoms with van der Waals surface area (Å²) in [7, 11) is 0. The zero-order chi connectivity index (χ0) is 21.5. The van der Waals surface area contributed by atoms with Gasteiger partial charge in [0.05, 0.1) is 6.10 Å². The summed E-state index contributed by atoms with van der Waals surface area (Å²) in [4.78, 5) is 33.6. The molecule has 2 saturated carbocycles. The highest BCUT2D eigenvalue weighted by Crippen LogP contribution is 2.38. The molecular formula is C23H40N4O4. The van der Waals surface area contributed by atoms with Crippen molar-refractivity contribution in [1.29, 1.82) is 0 Å². The number of carbonyl (C=O) groups is 2. The molecule has 0 radical (unpaired) electrons. The second-order valence-electron chi connectivity index (χ2n) is 9.68. The molecule has 0 aromatic carbocycles. The fourth-order valence-electron chi connectivity index (χ4n) is 5.90. The van der Waals surface area contributed by atoms with E-state index in [9.17, 15) is 9.59 Å². The molecule has 0 aromatic heterocycles. The minimum atomic E-state index is -1.35. The standard InChI is InChI=1S/C23H40N4O4/c28-18-25-23(19-6-4-5-7-19,30-21-8-2-1-3-9-21)22(29)31-27-16-14-26(15-17-27)20-10-12-24-13-11-20/h18-21,24H,1-17H2,(H,25,28). The first kappa shape index (κ1) is 23.0. The summed E-state index contributed by atoms with van der Waals surface area (Å²) in [5.74, 6) is -0.462. The number of piperazine rings is 1. The molecule has 2 heterocycles. The van der Waals surface area contributed by atoms with Crippen LogP contribution in [0.1, 0.15) is 70.6 Å². The van der Waals surface area contributed by atoms with Gasteiger partial charge in [0, 0.05) is 38.1 Å². The lowest BCUT2D eigenvalue weighted by molar-refractivity contribution is -0.240. The predicted molar refractivity (Wildman–Crippen MR) is 117 cm³/mol. The van der Waals surface area contributed by atoms with Gasteiger partial charge >= 0.3 is 5.97 Å². The van der Waals surface area contributed by atoms with Gasteiger partial charge in [-0.05, 0) is 51.6 Å². The predicted octanol–water partition coefficient (Wildman–Crippen LogP) is 1.80. The van der Waals surface area contributed by atoms with E-state index in [0.29, 0.717) is 25.5 Å². The molecule has 0 aromatic rings. The highest BCUT2D eigenvalue weighted by molar-refractivity contribution is 5.82. The lowest BCUT2D eigenvalue weighted by Crippen LogP contribution is -2.62. The first-order chi connectivity index (χ1) is 15.2. The van der Waals surface area contributed by atoms with E-state index in [1.807, 2.05) is 0 Å². The molecular weight excluding hydrogens is 396 g/mol. The Kier molecular flexibility index (Phi) is 8.20. The van der Waals surface area contributed by atoms with E-state index in [1.54, 1.807) is 5.06 Å². The van der Waals surface area contributed by atoms with Crippen LogP contribution in [0.3, 0.4) is 0 Å². The number of piperidine rings is 1. The van der Waals surface area contributed by atoms with Crippen molar-refractivity contribution in [2.24, 2.45) is 5.92 Å². The number of amides is 1. The molecule has 1 atom stereocenters. The Bertz CT molecular complexity index is 580. The van der Waals surface area contributed by atoms with Gasteiger partial charge in [-0.3, -0.25) is 9.69 Å². The van der Waals surface area contributed by atoms with Crippen LogP contribution < -0.4 is 10.6 Å². The Morgan fingerprint density at radius 3 is 2.19 bits per heavy atom. The van der Waals surface area contributed by atoms with Gasteiger partial charge < -0.3 is 20.2 Å². The second kappa shape index (κ2) is 11.1. The average Bonchev–Trinajstić information content (AvgIpc) is 3.36. The molecule has 2 aliphatic heterocycles. The summed E-state index contributed by atoms with van der Waals surface area (Å²) >= 11 is 0. The molecule has 4 fully saturated rings. The van der Waals surface area contributed by atoms with E-state index in [2.05, 4.69) is 15.5 Å². The molecule has 0 spiro atoms. The fourth-order valence-corrected chi connectivity index (χ4v) is 5.90. The maximum Gasteiger partial charge on any atom is 0.378 e. The van der Waals surface area contributed by atoms with Crippen molar-refractivity contribution < 1.29 is 19.2 Å². The number of hydroxylamine groups is 2. The number of ether oxygens (including phenoxy) is 1. The van der Waals surface area contributed by atoms with Gasteiger partial charge in [-0.1, -0.05) is 32.1 Å². The largest absolute Gasteiger partial charge is 0.378 e. The maximum absolute atomic E-state index is 13.5. The van der Waals surface area contributed by atoms with E-state index in [4.69, 9.17) is 9.57 Å². The molecule has 1 amide bonds. The van der Waals surface area contributed by atoms with Crippen LogP contribution in [-0.2, 0) is 19.2 Å². The van der Waals surface area contributed by atoms with E-state index < -0.39 is 11.7 Å². The SMILES string of the molecule is O=CNC(OC1CCCCC1)(C(=O)ON1CCN(C2CCNCC2)CC1)C1CCCC1. The summed E-state index contributed by atoms with van der Waals surface area (Å²) in [6.07, 6.45) is 12.2. The van der Waals surface area contributed by atoms with E-state index >= 15 is 0 Å². The van der Waals surface area contributed by atoms with Crippen molar-refractivity contribution in [2.45, 2.75) is 88.5 Å². The summed E-state index contributed by atoms with van der Waals surface area (Å²) in [6.45, 7) is 5.36. The number of hydrogen-bond acceptors (Lipinski definition) is 7. The van der Waals surface area contributed by atoms with Crippen LogP contribution >= 0.6 is 0 Å². The van der Waals surface area contributed by atoms with Gasteiger partial charge in [-0.2, -0.15) is 0 Å². The van der Waals surface area contributed by atoms with Gasteiger partial charge in [0.2, 0.25) is 12.1 Å². The minimum Gasteiger partial charge on any atom is -0.364 e. The Hall–Kier alpha value is -1.22. The van der Waals surface area contributed by atoms with E-state index in [0.717, 1.165) is 77.5 Å². The molecule has 2 N–H and O–H groups in total. The highest BCUT2D eigenvalue weighted by Gasteiger charge is 2.52. The minimum absolute atomic E-state index is 0.00566. The van der Waals surface area contributed by atoms with Gasteiger partial charge in [0.15, 0.2) is 0 Å². The van der Waals surface area contributed by atoms with Gasteiger partial charge in [0.25, 0.3) is 0 Å². The zero-order valence-electron chi connectivity index (χ0n) is 18.9. The average molecular weight is 437 g/mol. The quantitative estimate of drug-likeness (QED) is 0.443. The Morgan fingerprint density at radius 2 is 1.55 bits per heavy atom. The third-order valence-electron chi connectivity index (χ3n) is 7.72. The van der Waals surface area contributed by atoms with E-state index in [1.165, 1.54) is 19.3 Å². The highest BCUT2D eigenvalue weighted by atomic mass is 16.7. The monoisotopic (exact) mass is 436 g/mol. The second-order valence-corrected chi connectivity index (χ2v) is 9.68. The van der Waals surface area contributed by atoms with Gasteiger partial charge in [0.1, 0.15) is 0 Å². The summed E-state index contributed by atoms with van der Waals surface area (Å²) in [5.41, 5.74) is -1.35. The summed E-state index contributed by atoms with van der Waals surface area (Å²) in [5, 5.41) is 8.01. The van der Waals surface area contributed by atoms with E-state index in [-0.39, 0.29) is 12.0 Å². The molecule has 4 aliphatic rings. The molecule has 8 heteroatoms. The van der Waals surface area contributed by atoms with Crippen LogP contribution in [0.4, 0.5) is 0 Å². The van der Waals surface area contributed by atoms with Crippen LogP contribution in [0.25, 0.3) is 0 Å². The number of carbonyl (C=O) groups excluding carboxylic acids is 2. The van der Waals surface area contributed by atoms with Crippen molar-refractivity contribution in [3.8, 4) is 0 Å². The maximum atomic E-state index is 13.5. The molecule has 2 saturated heterocycles. The van der Waals surface area contributed by atoms with Crippen molar-refractivity contribution in [2.75, 3.05) is 39.3 Å². The lowest BCUT2D eigenvalue weighted by atomic mass is 9.91. The molecule has 1 unspecified atom stereocenters. The van der Waals surface area contributed by atoms with Crippen LogP contribution in [0.2, 0.25) is 0 Å². The first-order valence-corrected chi connectivity index (χ1v) is 12.5.